The van der Waals surface area contributed by atoms with E-state index in [4.69, 9.17) is 10.00 Å². The summed E-state index contributed by atoms with van der Waals surface area (Å²) in [6.45, 7) is 4.48. The first kappa shape index (κ1) is 13.2. The van der Waals surface area contributed by atoms with E-state index in [9.17, 15) is 4.79 Å². The van der Waals surface area contributed by atoms with Crippen LogP contribution in [0.15, 0.2) is 24.3 Å². The summed E-state index contributed by atoms with van der Waals surface area (Å²) in [7, 11) is 0. The van der Waals surface area contributed by atoms with Gasteiger partial charge in [-0.15, -0.1) is 0 Å². The molecule has 3 nitrogen and oxygen atoms in total. The minimum atomic E-state index is -0.180. The van der Waals surface area contributed by atoms with Crippen molar-refractivity contribution >= 4 is 5.97 Å². The second-order valence-electron chi connectivity index (χ2n) is 4.39. The molecular formula is C14H17NO2. The Morgan fingerprint density at radius 2 is 2.24 bits per heavy atom. The number of nitriles is 1. The molecular weight excluding hydrogens is 214 g/mol. The van der Waals surface area contributed by atoms with Crippen molar-refractivity contribution in [3.63, 3.8) is 0 Å². The average Bonchev–Trinajstić information content (AvgIpc) is 2.34. The van der Waals surface area contributed by atoms with E-state index in [1.54, 1.807) is 12.1 Å². The molecule has 0 amide bonds. The minimum absolute atomic E-state index is 0.180. The first-order valence-electron chi connectivity index (χ1n) is 5.76. The van der Waals surface area contributed by atoms with Gasteiger partial charge in [-0.2, -0.15) is 5.26 Å². The minimum Gasteiger partial charge on any atom is -0.465 e. The molecule has 0 saturated carbocycles. The number of aryl methyl sites for hydroxylation is 1. The van der Waals surface area contributed by atoms with Crippen molar-refractivity contribution < 1.29 is 9.53 Å². The maximum atomic E-state index is 11.4. The molecule has 0 spiro atoms. The summed E-state index contributed by atoms with van der Waals surface area (Å²) in [6, 6.07) is 9.37. The second-order valence-corrected chi connectivity index (χ2v) is 4.39. The van der Waals surface area contributed by atoms with Crippen LogP contribution >= 0.6 is 0 Å². The molecule has 0 saturated heterocycles. The van der Waals surface area contributed by atoms with Gasteiger partial charge in [0.2, 0.25) is 0 Å². The van der Waals surface area contributed by atoms with Gasteiger partial charge in [0.05, 0.1) is 18.2 Å². The fourth-order valence-corrected chi connectivity index (χ4v) is 1.37. The Morgan fingerprint density at radius 1 is 1.47 bits per heavy atom. The molecule has 0 fully saturated rings. The molecule has 0 aliphatic rings. The second kappa shape index (κ2) is 6.70. The molecule has 1 rings (SSSR count). The van der Waals surface area contributed by atoms with Gasteiger partial charge in [-0.05, 0) is 30.0 Å². The zero-order valence-corrected chi connectivity index (χ0v) is 10.3. The third-order valence-electron chi connectivity index (χ3n) is 2.25. The summed E-state index contributed by atoms with van der Waals surface area (Å²) >= 11 is 0. The quantitative estimate of drug-likeness (QED) is 0.732. The number of benzene rings is 1. The number of hydrogen-bond donors (Lipinski definition) is 0. The van der Waals surface area contributed by atoms with Gasteiger partial charge in [-0.25, -0.2) is 0 Å². The predicted octanol–water partition coefficient (Wildman–Crippen LogP) is 2.69. The van der Waals surface area contributed by atoms with Gasteiger partial charge in [0.1, 0.15) is 0 Å². The fourth-order valence-electron chi connectivity index (χ4n) is 1.37. The number of ether oxygens (including phenoxy) is 1. The topological polar surface area (TPSA) is 50.1 Å². The molecule has 17 heavy (non-hydrogen) atoms. The Hall–Kier alpha value is -1.82. The zero-order chi connectivity index (χ0) is 12.7. The molecule has 0 aromatic heterocycles. The summed E-state index contributed by atoms with van der Waals surface area (Å²) in [5.41, 5.74) is 1.61. The van der Waals surface area contributed by atoms with Crippen LogP contribution in [0.5, 0.6) is 0 Å². The molecule has 1 aromatic rings. The number of carbonyl (C=O) groups excluding carboxylic acids is 1. The van der Waals surface area contributed by atoms with Crippen molar-refractivity contribution in [2.24, 2.45) is 5.92 Å². The summed E-state index contributed by atoms with van der Waals surface area (Å²) in [5.74, 6) is 0.182. The number of hydrogen-bond acceptors (Lipinski definition) is 3. The molecule has 1 aromatic carbocycles. The van der Waals surface area contributed by atoms with Crippen molar-refractivity contribution in [3.05, 3.63) is 35.4 Å². The maximum absolute atomic E-state index is 11.4. The lowest BCUT2D eigenvalue weighted by molar-refractivity contribution is -0.144. The SMILES string of the molecule is CC(C)COC(=O)CCc1cccc(C#N)c1. The Balaban J connectivity index is 2.40. The molecule has 0 radical (unpaired) electrons. The molecule has 0 bridgehead atoms. The number of nitrogens with zero attached hydrogens (tertiary/aromatic N) is 1. The van der Waals surface area contributed by atoms with Gasteiger partial charge >= 0.3 is 5.97 Å². The van der Waals surface area contributed by atoms with E-state index >= 15 is 0 Å². The molecule has 3 heteroatoms. The lowest BCUT2D eigenvalue weighted by Gasteiger charge is -2.07. The van der Waals surface area contributed by atoms with E-state index in [2.05, 4.69) is 6.07 Å². The van der Waals surface area contributed by atoms with Crippen LogP contribution in [0, 0.1) is 17.2 Å². The van der Waals surface area contributed by atoms with Gasteiger partial charge in [0, 0.05) is 6.42 Å². The Kier molecular flexibility index (Phi) is 5.22. The van der Waals surface area contributed by atoms with E-state index in [0.717, 1.165) is 5.56 Å². The van der Waals surface area contributed by atoms with Crippen LogP contribution in [0.25, 0.3) is 0 Å². The fraction of sp³-hybridized carbons (Fsp3) is 0.429. The lowest BCUT2D eigenvalue weighted by atomic mass is 10.1. The highest BCUT2D eigenvalue weighted by Gasteiger charge is 2.05. The van der Waals surface area contributed by atoms with Crippen LogP contribution in [-0.2, 0) is 16.0 Å². The lowest BCUT2D eigenvalue weighted by Crippen LogP contribution is -2.10. The maximum Gasteiger partial charge on any atom is 0.306 e. The van der Waals surface area contributed by atoms with Crippen LogP contribution in [-0.4, -0.2) is 12.6 Å². The van der Waals surface area contributed by atoms with Crippen LogP contribution in [0.2, 0.25) is 0 Å². The van der Waals surface area contributed by atoms with E-state index in [-0.39, 0.29) is 5.97 Å². The van der Waals surface area contributed by atoms with E-state index in [1.165, 1.54) is 0 Å². The summed E-state index contributed by atoms with van der Waals surface area (Å²) in [6.07, 6.45) is 0.980. The molecule has 0 aliphatic heterocycles. The largest absolute Gasteiger partial charge is 0.465 e. The third kappa shape index (κ3) is 5.17. The van der Waals surface area contributed by atoms with Gasteiger partial charge in [0.25, 0.3) is 0 Å². The molecule has 0 N–H and O–H groups in total. The molecule has 90 valence electrons. The Bertz CT molecular complexity index is 418. The van der Waals surface area contributed by atoms with Crippen LogP contribution in [0.4, 0.5) is 0 Å². The Morgan fingerprint density at radius 3 is 2.88 bits per heavy atom. The normalized spacial score (nSPS) is 10.0. The van der Waals surface area contributed by atoms with E-state index in [1.807, 2.05) is 26.0 Å². The van der Waals surface area contributed by atoms with Gasteiger partial charge < -0.3 is 4.74 Å². The van der Waals surface area contributed by atoms with Crippen molar-refractivity contribution in [2.75, 3.05) is 6.61 Å². The third-order valence-corrected chi connectivity index (χ3v) is 2.25. The molecule has 0 atom stereocenters. The van der Waals surface area contributed by atoms with Gasteiger partial charge in [0.15, 0.2) is 0 Å². The monoisotopic (exact) mass is 231 g/mol. The predicted molar refractivity (Wildman–Crippen MR) is 65.3 cm³/mol. The van der Waals surface area contributed by atoms with E-state index < -0.39 is 0 Å². The molecule has 0 heterocycles. The highest BCUT2D eigenvalue weighted by atomic mass is 16.5. The highest BCUT2D eigenvalue weighted by Crippen LogP contribution is 2.07. The Labute approximate surface area is 102 Å². The first-order chi connectivity index (χ1) is 8.11. The zero-order valence-electron chi connectivity index (χ0n) is 10.3. The van der Waals surface area contributed by atoms with Crippen LogP contribution in [0.3, 0.4) is 0 Å². The van der Waals surface area contributed by atoms with Crippen molar-refractivity contribution in [1.82, 2.24) is 0 Å². The number of esters is 1. The average molecular weight is 231 g/mol. The van der Waals surface area contributed by atoms with Crippen molar-refractivity contribution in [3.8, 4) is 6.07 Å². The first-order valence-corrected chi connectivity index (χ1v) is 5.76. The molecule has 0 unspecified atom stereocenters. The van der Waals surface area contributed by atoms with Crippen molar-refractivity contribution in [2.45, 2.75) is 26.7 Å². The van der Waals surface area contributed by atoms with Crippen LogP contribution in [0.1, 0.15) is 31.4 Å². The van der Waals surface area contributed by atoms with Crippen LogP contribution < -0.4 is 0 Å². The van der Waals surface area contributed by atoms with E-state index in [0.29, 0.717) is 30.9 Å². The highest BCUT2D eigenvalue weighted by molar-refractivity contribution is 5.69. The number of carbonyl (C=O) groups is 1. The van der Waals surface area contributed by atoms with Gasteiger partial charge in [-0.1, -0.05) is 26.0 Å². The smallest absolute Gasteiger partial charge is 0.306 e. The standard InChI is InChI=1S/C14H17NO2/c1-11(2)10-17-14(16)7-6-12-4-3-5-13(8-12)9-15/h3-5,8,11H,6-7,10H2,1-2H3. The van der Waals surface area contributed by atoms with Gasteiger partial charge in [-0.3, -0.25) is 4.79 Å². The summed E-state index contributed by atoms with van der Waals surface area (Å²) in [5, 5.41) is 8.74. The summed E-state index contributed by atoms with van der Waals surface area (Å²) < 4.78 is 5.08. The van der Waals surface area contributed by atoms with Crippen molar-refractivity contribution in [1.29, 1.82) is 5.26 Å². The summed E-state index contributed by atoms with van der Waals surface area (Å²) in [4.78, 5) is 11.4. The molecule has 0 aliphatic carbocycles. The number of rotatable bonds is 5.